The van der Waals surface area contributed by atoms with Gasteiger partial charge in [0.2, 0.25) is 0 Å². The Morgan fingerprint density at radius 1 is 1.28 bits per heavy atom. The molecule has 1 atom stereocenters. The van der Waals surface area contributed by atoms with Gasteiger partial charge in [-0.1, -0.05) is 0 Å². The first-order valence-corrected chi connectivity index (χ1v) is 6.77. The van der Waals surface area contributed by atoms with Gasteiger partial charge in [-0.3, -0.25) is 9.69 Å². The standard InChI is InChI=1S/C14H19N3O/c18-11-12-4-1-6-15-14(12)17-9-3-8-16-7-2-5-13(16)10-17/h1,4,6,11,13H,2-3,5,7-10H2. The Labute approximate surface area is 108 Å². The van der Waals surface area contributed by atoms with Crippen LogP contribution in [0.3, 0.4) is 0 Å². The third kappa shape index (κ3) is 2.12. The van der Waals surface area contributed by atoms with Gasteiger partial charge in [0, 0.05) is 31.9 Å². The molecule has 96 valence electrons. The highest BCUT2D eigenvalue weighted by atomic mass is 16.1. The number of carbonyl (C=O) groups is 1. The first kappa shape index (κ1) is 11.7. The molecule has 3 rings (SSSR count). The van der Waals surface area contributed by atoms with Crippen LogP contribution >= 0.6 is 0 Å². The van der Waals surface area contributed by atoms with E-state index in [1.165, 1.54) is 25.9 Å². The first-order chi connectivity index (χ1) is 8.88. The van der Waals surface area contributed by atoms with Gasteiger partial charge in [0.05, 0.1) is 5.56 Å². The molecule has 4 heteroatoms. The van der Waals surface area contributed by atoms with Crippen LogP contribution < -0.4 is 4.90 Å². The van der Waals surface area contributed by atoms with Crippen LogP contribution in [0.15, 0.2) is 18.3 Å². The fourth-order valence-corrected chi connectivity index (χ4v) is 3.16. The van der Waals surface area contributed by atoms with Gasteiger partial charge < -0.3 is 4.90 Å². The molecule has 0 aliphatic carbocycles. The molecule has 2 aliphatic heterocycles. The van der Waals surface area contributed by atoms with Gasteiger partial charge in [0.1, 0.15) is 5.82 Å². The van der Waals surface area contributed by atoms with Crippen molar-refractivity contribution in [3.05, 3.63) is 23.9 Å². The largest absolute Gasteiger partial charge is 0.354 e. The molecule has 1 aromatic rings. The molecule has 2 fully saturated rings. The van der Waals surface area contributed by atoms with Crippen LogP contribution in [0, 0.1) is 0 Å². The molecule has 2 aliphatic rings. The summed E-state index contributed by atoms with van der Waals surface area (Å²) < 4.78 is 0. The number of carbonyl (C=O) groups excluding carboxylic acids is 1. The van der Waals surface area contributed by atoms with Crippen molar-refractivity contribution in [1.82, 2.24) is 9.88 Å². The van der Waals surface area contributed by atoms with Crippen molar-refractivity contribution in [3.63, 3.8) is 0 Å². The van der Waals surface area contributed by atoms with Gasteiger partial charge in [-0.15, -0.1) is 0 Å². The van der Waals surface area contributed by atoms with E-state index in [1.807, 2.05) is 12.1 Å². The normalized spacial score (nSPS) is 24.7. The van der Waals surface area contributed by atoms with Crippen LogP contribution in [0.5, 0.6) is 0 Å². The van der Waals surface area contributed by atoms with Crippen molar-refractivity contribution in [3.8, 4) is 0 Å². The molecule has 0 bridgehead atoms. The summed E-state index contributed by atoms with van der Waals surface area (Å²) in [6, 6.07) is 4.33. The topological polar surface area (TPSA) is 36.4 Å². The summed E-state index contributed by atoms with van der Waals surface area (Å²) >= 11 is 0. The zero-order valence-electron chi connectivity index (χ0n) is 10.6. The van der Waals surface area contributed by atoms with E-state index in [1.54, 1.807) is 6.20 Å². The van der Waals surface area contributed by atoms with Crippen LogP contribution in [0.1, 0.15) is 29.6 Å². The third-order valence-corrected chi connectivity index (χ3v) is 4.05. The molecular formula is C14H19N3O. The Morgan fingerprint density at radius 3 is 3.06 bits per heavy atom. The zero-order valence-corrected chi connectivity index (χ0v) is 10.6. The molecule has 0 amide bonds. The van der Waals surface area contributed by atoms with Crippen LogP contribution in [0.25, 0.3) is 0 Å². The Balaban J connectivity index is 1.84. The van der Waals surface area contributed by atoms with E-state index in [9.17, 15) is 4.79 Å². The molecule has 0 aromatic carbocycles. The second-order valence-electron chi connectivity index (χ2n) is 5.17. The minimum absolute atomic E-state index is 0.647. The van der Waals surface area contributed by atoms with Crippen molar-refractivity contribution < 1.29 is 4.79 Å². The van der Waals surface area contributed by atoms with Crippen molar-refractivity contribution in [1.29, 1.82) is 0 Å². The number of aromatic nitrogens is 1. The quantitative estimate of drug-likeness (QED) is 0.741. The minimum Gasteiger partial charge on any atom is -0.354 e. The molecule has 3 heterocycles. The average Bonchev–Trinajstić information content (AvgIpc) is 2.76. The van der Waals surface area contributed by atoms with Gasteiger partial charge in [0.25, 0.3) is 0 Å². The fraction of sp³-hybridized carbons (Fsp3) is 0.571. The van der Waals surface area contributed by atoms with Crippen LogP contribution in [-0.4, -0.2) is 48.4 Å². The van der Waals surface area contributed by atoms with Crippen LogP contribution in [-0.2, 0) is 0 Å². The summed E-state index contributed by atoms with van der Waals surface area (Å²) in [6.45, 7) is 4.44. The maximum absolute atomic E-state index is 11.1. The predicted molar refractivity (Wildman–Crippen MR) is 71.0 cm³/mol. The van der Waals surface area contributed by atoms with E-state index in [4.69, 9.17) is 0 Å². The van der Waals surface area contributed by atoms with Crippen molar-refractivity contribution in [2.24, 2.45) is 0 Å². The highest BCUT2D eigenvalue weighted by molar-refractivity contribution is 5.82. The SMILES string of the molecule is O=Cc1cccnc1N1CCCN2CCCC2C1. The average molecular weight is 245 g/mol. The molecule has 1 unspecified atom stereocenters. The van der Waals surface area contributed by atoms with Gasteiger partial charge in [-0.2, -0.15) is 0 Å². The molecule has 18 heavy (non-hydrogen) atoms. The van der Waals surface area contributed by atoms with E-state index in [2.05, 4.69) is 14.8 Å². The number of pyridine rings is 1. The van der Waals surface area contributed by atoms with Gasteiger partial charge in [-0.05, 0) is 37.9 Å². The Morgan fingerprint density at radius 2 is 2.17 bits per heavy atom. The maximum Gasteiger partial charge on any atom is 0.153 e. The second-order valence-corrected chi connectivity index (χ2v) is 5.17. The number of hydrogen-bond acceptors (Lipinski definition) is 4. The van der Waals surface area contributed by atoms with E-state index >= 15 is 0 Å². The fourth-order valence-electron chi connectivity index (χ4n) is 3.16. The van der Waals surface area contributed by atoms with Crippen molar-refractivity contribution in [2.45, 2.75) is 25.3 Å². The Kier molecular flexibility index (Phi) is 3.28. The predicted octanol–water partition coefficient (Wildman–Crippen LogP) is 1.57. The lowest BCUT2D eigenvalue weighted by atomic mass is 10.2. The molecule has 2 saturated heterocycles. The van der Waals surface area contributed by atoms with E-state index in [-0.39, 0.29) is 0 Å². The molecule has 0 saturated carbocycles. The molecule has 0 radical (unpaired) electrons. The Bertz CT molecular complexity index is 435. The maximum atomic E-state index is 11.1. The zero-order chi connectivity index (χ0) is 12.4. The van der Waals surface area contributed by atoms with Crippen LogP contribution in [0.4, 0.5) is 5.82 Å². The number of hydrogen-bond donors (Lipinski definition) is 0. The summed E-state index contributed by atoms with van der Waals surface area (Å²) in [4.78, 5) is 20.4. The molecule has 4 nitrogen and oxygen atoms in total. The number of anilines is 1. The summed E-state index contributed by atoms with van der Waals surface area (Å²) in [5.74, 6) is 0.862. The molecular weight excluding hydrogens is 226 g/mol. The molecule has 1 aromatic heterocycles. The summed E-state index contributed by atoms with van der Waals surface area (Å²) in [5, 5.41) is 0. The summed E-state index contributed by atoms with van der Waals surface area (Å²) in [7, 11) is 0. The minimum atomic E-state index is 0.647. The summed E-state index contributed by atoms with van der Waals surface area (Å²) in [5.41, 5.74) is 0.712. The van der Waals surface area contributed by atoms with Crippen molar-refractivity contribution in [2.75, 3.05) is 31.1 Å². The number of nitrogens with zero attached hydrogens (tertiary/aromatic N) is 3. The number of rotatable bonds is 2. The smallest absolute Gasteiger partial charge is 0.153 e. The van der Waals surface area contributed by atoms with E-state index in [0.717, 1.165) is 31.6 Å². The second kappa shape index (κ2) is 5.06. The molecule has 0 spiro atoms. The van der Waals surface area contributed by atoms with Crippen LogP contribution in [0.2, 0.25) is 0 Å². The first-order valence-electron chi connectivity index (χ1n) is 6.77. The van der Waals surface area contributed by atoms with Gasteiger partial charge in [-0.25, -0.2) is 4.98 Å². The lowest BCUT2D eigenvalue weighted by molar-refractivity contribution is 0.112. The number of fused-ring (bicyclic) bond motifs is 1. The van der Waals surface area contributed by atoms with Gasteiger partial charge >= 0.3 is 0 Å². The third-order valence-electron chi connectivity index (χ3n) is 4.05. The lowest BCUT2D eigenvalue weighted by Gasteiger charge is -2.27. The lowest BCUT2D eigenvalue weighted by Crippen LogP contribution is -2.37. The van der Waals surface area contributed by atoms with E-state index in [0.29, 0.717) is 11.6 Å². The highest BCUT2D eigenvalue weighted by Crippen LogP contribution is 2.25. The number of aldehydes is 1. The monoisotopic (exact) mass is 245 g/mol. The van der Waals surface area contributed by atoms with Crippen molar-refractivity contribution >= 4 is 12.1 Å². The van der Waals surface area contributed by atoms with Gasteiger partial charge in [0.15, 0.2) is 6.29 Å². The highest BCUT2D eigenvalue weighted by Gasteiger charge is 2.29. The summed E-state index contributed by atoms with van der Waals surface area (Å²) in [6.07, 6.45) is 6.44. The molecule has 0 N–H and O–H groups in total. The van der Waals surface area contributed by atoms with E-state index < -0.39 is 0 Å². The Hall–Kier alpha value is -1.42.